The lowest BCUT2D eigenvalue weighted by atomic mass is 9.74. The van der Waals surface area contributed by atoms with Gasteiger partial charge >= 0.3 is 5.97 Å². The summed E-state index contributed by atoms with van der Waals surface area (Å²) in [6.07, 6.45) is 9.75. The highest BCUT2D eigenvalue weighted by atomic mass is 16.5. The van der Waals surface area contributed by atoms with E-state index in [9.17, 15) is 4.79 Å². The van der Waals surface area contributed by atoms with Gasteiger partial charge in [-0.2, -0.15) is 0 Å². The Kier molecular flexibility index (Phi) is 6.36. The van der Waals surface area contributed by atoms with Gasteiger partial charge in [-0.3, -0.25) is 9.69 Å². The van der Waals surface area contributed by atoms with Gasteiger partial charge in [0.2, 0.25) is 0 Å². The lowest BCUT2D eigenvalue weighted by Crippen LogP contribution is -2.45. The van der Waals surface area contributed by atoms with E-state index in [2.05, 4.69) is 23.1 Å². The van der Waals surface area contributed by atoms with E-state index in [0.717, 1.165) is 56.1 Å². The van der Waals surface area contributed by atoms with E-state index in [1.807, 2.05) is 25.1 Å². The zero-order valence-corrected chi connectivity index (χ0v) is 16.1. The maximum absolute atomic E-state index is 12.6. The fraction of sp³-hybridized carbons (Fsp3) is 0.591. The molecule has 1 saturated carbocycles. The minimum absolute atomic E-state index is 0.0381. The summed E-state index contributed by atoms with van der Waals surface area (Å²) in [5.41, 5.74) is 0.863. The van der Waals surface area contributed by atoms with E-state index in [0.29, 0.717) is 6.61 Å². The number of ether oxygens (including phenoxy) is 2. The van der Waals surface area contributed by atoms with Gasteiger partial charge in [0.15, 0.2) is 0 Å². The van der Waals surface area contributed by atoms with E-state index in [-0.39, 0.29) is 11.4 Å². The summed E-state index contributed by atoms with van der Waals surface area (Å²) in [7, 11) is 1.70. The maximum Gasteiger partial charge on any atom is 0.312 e. The second kappa shape index (κ2) is 8.72. The van der Waals surface area contributed by atoms with Gasteiger partial charge in [-0.15, -0.1) is 0 Å². The van der Waals surface area contributed by atoms with Crippen molar-refractivity contribution in [1.29, 1.82) is 0 Å². The van der Waals surface area contributed by atoms with Crippen molar-refractivity contribution >= 4 is 12.0 Å². The Labute approximate surface area is 157 Å². The number of carbonyl (C=O) groups is 1. The molecule has 1 saturated heterocycles. The van der Waals surface area contributed by atoms with Crippen LogP contribution >= 0.6 is 0 Å². The number of rotatable bonds is 8. The number of methoxy groups -OCH3 is 1. The first-order valence-electron chi connectivity index (χ1n) is 9.86. The molecule has 0 radical (unpaired) electrons. The molecule has 4 heteroatoms. The van der Waals surface area contributed by atoms with Crippen LogP contribution in [0.2, 0.25) is 0 Å². The lowest BCUT2D eigenvalue weighted by Gasteiger charge is -2.39. The number of likely N-dealkylation sites (tertiary alicyclic amines) is 1. The summed E-state index contributed by atoms with van der Waals surface area (Å²) in [5, 5.41) is 0. The van der Waals surface area contributed by atoms with Crippen molar-refractivity contribution in [3.63, 3.8) is 0 Å². The normalized spacial score (nSPS) is 20.2. The summed E-state index contributed by atoms with van der Waals surface area (Å²) in [6, 6.07) is 8.05. The third kappa shape index (κ3) is 4.67. The monoisotopic (exact) mass is 357 g/mol. The molecular weight excluding hydrogens is 326 g/mol. The van der Waals surface area contributed by atoms with Crippen molar-refractivity contribution in [2.24, 2.45) is 11.3 Å². The molecule has 1 aliphatic heterocycles. The van der Waals surface area contributed by atoms with E-state index in [1.54, 1.807) is 7.11 Å². The molecule has 2 aliphatic rings. The zero-order valence-electron chi connectivity index (χ0n) is 16.1. The molecule has 0 atom stereocenters. The summed E-state index contributed by atoms with van der Waals surface area (Å²) < 4.78 is 10.8. The SMILES string of the molecule is CCOC(=O)C1(CC2CC2)CCN(CC=Cc2ccccc2OC)CC1. The number of nitrogens with zero attached hydrogens (tertiary/aromatic N) is 1. The Morgan fingerprint density at radius 1 is 1.27 bits per heavy atom. The zero-order chi connectivity index (χ0) is 18.4. The highest BCUT2D eigenvalue weighted by Crippen LogP contribution is 2.46. The average molecular weight is 357 g/mol. The number of benzene rings is 1. The second-order valence-electron chi connectivity index (χ2n) is 7.59. The van der Waals surface area contributed by atoms with Crippen LogP contribution in [0.5, 0.6) is 5.75 Å². The second-order valence-corrected chi connectivity index (χ2v) is 7.59. The predicted molar refractivity (Wildman–Crippen MR) is 104 cm³/mol. The Bertz CT molecular complexity index is 628. The van der Waals surface area contributed by atoms with E-state index in [4.69, 9.17) is 9.47 Å². The molecule has 1 heterocycles. The maximum atomic E-state index is 12.6. The van der Waals surface area contributed by atoms with Gasteiger partial charge in [0.25, 0.3) is 0 Å². The van der Waals surface area contributed by atoms with Crippen LogP contribution in [0.25, 0.3) is 6.08 Å². The number of esters is 1. The summed E-state index contributed by atoms with van der Waals surface area (Å²) >= 11 is 0. The van der Waals surface area contributed by atoms with Crippen molar-refractivity contribution in [3.8, 4) is 5.75 Å². The molecule has 1 aromatic rings. The summed E-state index contributed by atoms with van der Waals surface area (Å²) in [6.45, 7) is 5.21. The molecule has 3 rings (SSSR count). The van der Waals surface area contributed by atoms with Crippen LogP contribution in [0.3, 0.4) is 0 Å². The highest BCUT2D eigenvalue weighted by molar-refractivity contribution is 5.77. The first-order chi connectivity index (χ1) is 12.7. The van der Waals surface area contributed by atoms with E-state index < -0.39 is 0 Å². The molecule has 0 bridgehead atoms. The van der Waals surface area contributed by atoms with Crippen molar-refractivity contribution in [1.82, 2.24) is 4.90 Å². The van der Waals surface area contributed by atoms with Gasteiger partial charge in [-0.1, -0.05) is 43.2 Å². The molecule has 26 heavy (non-hydrogen) atoms. The fourth-order valence-corrected chi connectivity index (χ4v) is 3.95. The molecule has 2 fully saturated rings. The topological polar surface area (TPSA) is 38.8 Å². The molecule has 0 aromatic heterocycles. The van der Waals surface area contributed by atoms with Crippen LogP contribution < -0.4 is 4.74 Å². The van der Waals surface area contributed by atoms with Gasteiger partial charge in [0.05, 0.1) is 19.1 Å². The minimum atomic E-state index is -0.236. The van der Waals surface area contributed by atoms with E-state index >= 15 is 0 Å². The molecule has 0 unspecified atom stereocenters. The molecular formula is C22H31NO3. The molecule has 1 aromatic carbocycles. The predicted octanol–water partition coefficient (Wildman–Crippen LogP) is 4.15. The summed E-state index contributed by atoms with van der Waals surface area (Å²) in [5.74, 6) is 1.68. The van der Waals surface area contributed by atoms with Gasteiger partial charge in [0.1, 0.15) is 5.75 Å². The third-order valence-electron chi connectivity index (χ3n) is 5.70. The van der Waals surface area contributed by atoms with Crippen molar-refractivity contribution in [3.05, 3.63) is 35.9 Å². The summed E-state index contributed by atoms with van der Waals surface area (Å²) in [4.78, 5) is 15.0. The quantitative estimate of drug-likeness (QED) is 0.655. The van der Waals surface area contributed by atoms with E-state index in [1.165, 1.54) is 12.8 Å². The Morgan fingerprint density at radius 2 is 2.00 bits per heavy atom. The molecule has 0 spiro atoms. The molecule has 0 amide bonds. The fourth-order valence-electron chi connectivity index (χ4n) is 3.95. The smallest absolute Gasteiger partial charge is 0.312 e. The number of hydrogen-bond donors (Lipinski definition) is 0. The molecule has 142 valence electrons. The molecule has 4 nitrogen and oxygen atoms in total. The van der Waals surface area contributed by atoms with Crippen molar-refractivity contribution in [2.45, 2.75) is 39.0 Å². The van der Waals surface area contributed by atoms with Crippen LogP contribution in [0.4, 0.5) is 0 Å². The minimum Gasteiger partial charge on any atom is -0.496 e. The van der Waals surface area contributed by atoms with Crippen LogP contribution in [0.1, 0.15) is 44.6 Å². The number of piperidine rings is 1. The number of para-hydroxylation sites is 1. The van der Waals surface area contributed by atoms with Gasteiger partial charge in [-0.05, 0) is 51.3 Å². The number of hydrogen-bond acceptors (Lipinski definition) is 4. The van der Waals surface area contributed by atoms with Crippen LogP contribution in [-0.2, 0) is 9.53 Å². The first kappa shape index (κ1) is 19.0. The van der Waals surface area contributed by atoms with Crippen molar-refractivity contribution in [2.75, 3.05) is 33.4 Å². The average Bonchev–Trinajstić information content (AvgIpc) is 3.47. The van der Waals surface area contributed by atoms with Crippen LogP contribution in [0.15, 0.2) is 30.3 Å². The Balaban J connectivity index is 1.55. The van der Waals surface area contributed by atoms with Gasteiger partial charge in [0, 0.05) is 12.1 Å². The molecule has 0 N–H and O–H groups in total. The Morgan fingerprint density at radius 3 is 2.65 bits per heavy atom. The number of carbonyl (C=O) groups excluding carboxylic acids is 1. The van der Waals surface area contributed by atoms with Crippen molar-refractivity contribution < 1.29 is 14.3 Å². The van der Waals surface area contributed by atoms with Crippen LogP contribution in [0, 0.1) is 11.3 Å². The van der Waals surface area contributed by atoms with Crippen LogP contribution in [-0.4, -0.2) is 44.2 Å². The molecule has 1 aliphatic carbocycles. The third-order valence-corrected chi connectivity index (χ3v) is 5.70. The Hall–Kier alpha value is -1.81. The van der Waals surface area contributed by atoms with Gasteiger partial charge < -0.3 is 9.47 Å². The highest BCUT2D eigenvalue weighted by Gasteiger charge is 2.45. The van der Waals surface area contributed by atoms with Gasteiger partial charge in [-0.25, -0.2) is 0 Å². The lowest BCUT2D eigenvalue weighted by molar-refractivity contribution is -0.159. The largest absolute Gasteiger partial charge is 0.496 e. The first-order valence-corrected chi connectivity index (χ1v) is 9.86. The standard InChI is InChI=1S/C22H31NO3/c1-3-26-21(24)22(17-18-10-11-18)12-15-23(16-13-22)14-6-8-19-7-4-5-9-20(19)25-2/h4-9,18H,3,10-17H2,1-2H3.